The molecular formula is C15H22N2O3. The van der Waals surface area contributed by atoms with E-state index in [1.807, 2.05) is 24.3 Å². The molecule has 1 saturated heterocycles. The van der Waals surface area contributed by atoms with Crippen molar-refractivity contribution in [3.8, 4) is 0 Å². The summed E-state index contributed by atoms with van der Waals surface area (Å²) in [7, 11) is 3.29. The highest BCUT2D eigenvalue weighted by molar-refractivity contribution is 5.96. The van der Waals surface area contributed by atoms with Gasteiger partial charge >= 0.3 is 0 Å². The van der Waals surface area contributed by atoms with Crippen molar-refractivity contribution in [3.63, 3.8) is 0 Å². The molecule has 20 heavy (non-hydrogen) atoms. The number of rotatable bonds is 6. The van der Waals surface area contributed by atoms with E-state index in [4.69, 9.17) is 9.47 Å². The molecule has 0 aliphatic carbocycles. The first-order valence-corrected chi connectivity index (χ1v) is 6.79. The van der Waals surface area contributed by atoms with Gasteiger partial charge in [-0.25, -0.2) is 0 Å². The molecule has 0 bridgehead atoms. The maximum absolute atomic E-state index is 12.5. The summed E-state index contributed by atoms with van der Waals surface area (Å²) in [4.78, 5) is 12.5. The van der Waals surface area contributed by atoms with Crippen LogP contribution in [0.2, 0.25) is 0 Å². The van der Waals surface area contributed by atoms with E-state index >= 15 is 0 Å². The standard InChI is InChI=1S/C15H22N2O3/c1-19-9-12-4-3-5-13(8-12)17-14(18)15(11-20-2)6-7-16-10-15/h3-5,8,16H,6-7,9-11H2,1-2H3,(H,17,18). The minimum atomic E-state index is -0.466. The van der Waals surface area contributed by atoms with Crippen molar-refractivity contribution in [2.75, 3.05) is 39.2 Å². The number of benzene rings is 1. The quantitative estimate of drug-likeness (QED) is 0.826. The smallest absolute Gasteiger partial charge is 0.234 e. The monoisotopic (exact) mass is 278 g/mol. The van der Waals surface area contributed by atoms with Gasteiger partial charge in [0.2, 0.25) is 5.91 Å². The maximum atomic E-state index is 12.5. The molecule has 1 atom stereocenters. The highest BCUT2D eigenvalue weighted by Gasteiger charge is 2.41. The van der Waals surface area contributed by atoms with E-state index in [0.29, 0.717) is 19.8 Å². The molecule has 110 valence electrons. The van der Waals surface area contributed by atoms with Gasteiger partial charge in [0.25, 0.3) is 0 Å². The molecule has 5 nitrogen and oxygen atoms in total. The Hall–Kier alpha value is -1.43. The van der Waals surface area contributed by atoms with Gasteiger partial charge in [0.15, 0.2) is 0 Å². The number of hydrogen-bond acceptors (Lipinski definition) is 4. The Kier molecular flexibility index (Phi) is 5.11. The summed E-state index contributed by atoms with van der Waals surface area (Å²) >= 11 is 0. The molecule has 0 spiro atoms. The summed E-state index contributed by atoms with van der Waals surface area (Å²) in [6, 6.07) is 7.71. The molecular weight excluding hydrogens is 256 g/mol. The molecule has 1 amide bonds. The van der Waals surface area contributed by atoms with Gasteiger partial charge in [-0.1, -0.05) is 12.1 Å². The van der Waals surface area contributed by atoms with Crippen LogP contribution in [0.5, 0.6) is 0 Å². The molecule has 1 unspecified atom stereocenters. The minimum Gasteiger partial charge on any atom is -0.384 e. The Morgan fingerprint density at radius 2 is 2.25 bits per heavy atom. The lowest BCUT2D eigenvalue weighted by Gasteiger charge is -2.26. The van der Waals surface area contributed by atoms with Gasteiger partial charge in [-0.05, 0) is 30.7 Å². The van der Waals surface area contributed by atoms with Gasteiger partial charge in [0.1, 0.15) is 0 Å². The number of carbonyl (C=O) groups is 1. The summed E-state index contributed by atoms with van der Waals surface area (Å²) in [5, 5.41) is 6.23. The molecule has 2 rings (SSSR count). The number of methoxy groups -OCH3 is 2. The first-order chi connectivity index (χ1) is 9.70. The van der Waals surface area contributed by atoms with Crippen LogP contribution in [-0.4, -0.2) is 39.8 Å². The first kappa shape index (κ1) is 15.0. The third kappa shape index (κ3) is 3.36. The number of ether oxygens (including phenoxy) is 2. The highest BCUT2D eigenvalue weighted by atomic mass is 16.5. The zero-order valence-corrected chi connectivity index (χ0v) is 12.1. The van der Waals surface area contributed by atoms with Crippen molar-refractivity contribution in [2.45, 2.75) is 13.0 Å². The number of amides is 1. The van der Waals surface area contributed by atoms with Crippen molar-refractivity contribution in [1.82, 2.24) is 5.32 Å². The van der Waals surface area contributed by atoms with Crippen LogP contribution >= 0.6 is 0 Å². The molecule has 1 aromatic rings. The van der Waals surface area contributed by atoms with E-state index in [2.05, 4.69) is 10.6 Å². The van der Waals surface area contributed by atoms with Crippen molar-refractivity contribution in [2.24, 2.45) is 5.41 Å². The molecule has 2 N–H and O–H groups in total. The Morgan fingerprint density at radius 3 is 2.90 bits per heavy atom. The van der Waals surface area contributed by atoms with Crippen molar-refractivity contribution >= 4 is 11.6 Å². The third-order valence-electron chi connectivity index (χ3n) is 3.64. The van der Waals surface area contributed by atoms with E-state index in [0.717, 1.165) is 24.2 Å². The van der Waals surface area contributed by atoms with Gasteiger partial charge in [-0.2, -0.15) is 0 Å². The number of anilines is 1. The van der Waals surface area contributed by atoms with Crippen LogP contribution in [0, 0.1) is 5.41 Å². The fourth-order valence-electron chi connectivity index (χ4n) is 2.57. The topological polar surface area (TPSA) is 59.6 Å². The van der Waals surface area contributed by atoms with E-state index < -0.39 is 5.41 Å². The predicted octanol–water partition coefficient (Wildman–Crippen LogP) is 1.40. The van der Waals surface area contributed by atoms with Crippen molar-refractivity contribution < 1.29 is 14.3 Å². The Morgan fingerprint density at radius 1 is 1.40 bits per heavy atom. The first-order valence-electron chi connectivity index (χ1n) is 6.79. The molecule has 1 heterocycles. The molecule has 1 aliphatic rings. The van der Waals surface area contributed by atoms with Crippen LogP contribution in [0.4, 0.5) is 5.69 Å². The summed E-state index contributed by atoms with van der Waals surface area (Å²) in [6.45, 7) is 2.48. The molecule has 5 heteroatoms. The summed E-state index contributed by atoms with van der Waals surface area (Å²) in [5.41, 5.74) is 1.37. The van der Waals surface area contributed by atoms with Gasteiger partial charge < -0.3 is 20.1 Å². The van der Waals surface area contributed by atoms with Gasteiger partial charge in [0, 0.05) is 26.5 Å². The zero-order chi connectivity index (χ0) is 14.4. The summed E-state index contributed by atoms with van der Waals surface area (Å²) in [5.74, 6) is 0.0129. The maximum Gasteiger partial charge on any atom is 0.234 e. The Bertz CT molecular complexity index is 456. The van der Waals surface area contributed by atoms with Gasteiger partial charge in [0.05, 0.1) is 18.6 Å². The third-order valence-corrected chi connectivity index (χ3v) is 3.64. The lowest BCUT2D eigenvalue weighted by atomic mass is 9.87. The van der Waals surface area contributed by atoms with E-state index in [1.54, 1.807) is 14.2 Å². The zero-order valence-electron chi connectivity index (χ0n) is 12.1. The average molecular weight is 278 g/mol. The number of carbonyl (C=O) groups excluding carboxylic acids is 1. The largest absolute Gasteiger partial charge is 0.384 e. The number of hydrogen-bond donors (Lipinski definition) is 2. The summed E-state index contributed by atoms with van der Waals surface area (Å²) < 4.78 is 10.3. The SMILES string of the molecule is COCc1cccc(NC(=O)C2(COC)CCNC2)c1. The van der Waals surface area contributed by atoms with Crippen LogP contribution in [0.15, 0.2) is 24.3 Å². The van der Waals surface area contributed by atoms with Crippen LogP contribution < -0.4 is 10.6 Å². The number of nitrogens with one attached hydrogen (secondary N) is 2. The van der Waals surface area contributed by atoms with E-state index in [-0.39, 0.29) is 5.91 Å². The van der Waals surface area contributed by atoms with E-state index in [9.17, 15) is 4.79 Å². The van der Waals surface area contributed by atoms with Crippen molar-refractivity contribution in [1.29, 1.82) is 0 Å². The summed E-state index contributed by atoms with van der Waals surface area (Å²) in [6.07, 6.45) is 0.796. The molecule has 0 aromatic heterocycles. The van der Waals surface area contributed by atoms with Crippen molar-refractivity contribution in [3.05, 3.63) is 29.8 Å². The lowest BCUT2D eigenvalue weighted by molar-refractivity contribution is -0.127. The molecule has 0 saturated carbocycles. The minimum absolute atomic E-state index is 0.0129. The fraction of sp³-hybridized carbons (Fsp3) is 0.533. The average Bonchev–Trinajstić information content (AvgIpc) is 2.90. The van der Waals surface area contributed by atoms with Crippen LogP contribution in [-0.2, 0) is 20.9 Å². The normalized spacial score (nSPS) is 21.9. The molecule has 1 aliphatic heterocycles. The Labute approximate surface area is 119 Å². The fourth-order valence-corrected chi connectivity index (χ4v) is 2.57. The van der Waals surface area contributed by atoms with Crippen LogP contribution in [0.3, 0.4) is 0 Å². The molecule has 1 aromatic carbocycles. The second-order valence-corrected chi connectivity index (χ2v) is 5.23. The molecule has 0 radical (unpaired) electrons. The van der Waals surface area contributed by atoms with Gasteiger partial charge in [-0.15, -0.1) is 0 Å². The second kappa shape index (κ2) is 6.83. The second-order valence-electron chi connectivity index (χ2n) is 5.23. The molecule has 1 fully saturated rings. The van der Waals surface area contributed by atoms with E-state index in [1.165, 1.54) is 0 Å². The highest BCUT2D eigenvalue weighted by Crippen LogP contribution is 2.28. The Balaban J connectivity index is 2.08. The van der Waals surface area contributed by atoms with Crippen LogP contribution in [0.1, 0.15) is 12.0 Å². The van der Waals surface area contributed by atoms with Crippen LogP contribution in [0.25, 0.3) is 0 Å². The predicted molar refractivity (Wildman–Crippen MR) is 77.6 cm³/mol. The lowest BCUT2D eigenvalue weighted by Crippen LogP contribution is -2.41. The van der Waals surface area contributed by atoms with Gasteiger partial charge in [-0.3, -0.25) is 4.79 Å².